The van der Waals surface area contributed by atoms with Crippen molar-refractivity contribution in [3.8, 4) is 17.4 Å². The summed E-state index contributed by atoms with van der Waals surface area (Å²) >= 11 is 0. The van der Waals surface area contributed by atoms with Crippen LogP contribution in [0.4, 0.5) is 0 Å². The Morgan fingerprint density at radius 1 is 1.27 bits per heavy atom. The monoisotopic (exact) mass is 300 g/mol. The van der Waals surface area contributed by atoms with Crippen molar-refractivity contribution in [2.24, 2.45) is 0 Å². The van der Waals surface area contributed by atoms with Gasteiger partial charge >= 0.3 is 5.69 Å². The topological polar surface area (TPSA) is 93.4 Å². The molecule has 1 unspecified atom stereocenters. The Bertz CT molecular complexity index is 909. The van der Waals surface area contributed by atoms with Gasteiger partial charge in [-0.2, -0.15) is 0 Å². The second kappa shape index (κ2) is 4.52. The van der Waals surface area contributed by atoms with Crippen molar-refractivity contribution in [3.05, 3.63) is 62.0 Å². The normalized spacial score (nSPS) is 18.0. The van der Waals surface area contributed by atoms with E-state index in [9.17, 15) is 9.59 Å². The lowest BCUT2D eigenvalue weighted by Gasteiger charge is -2.31. The summed E-state index contributed by atoms with van der Waals surface area (Å²) in [7, 11) is 1.56. The molecule has 0 radical (unpaired) electrons. The molecule has 0 aliphatic carbocycles. The van der Waals surface area contributed by atoms with Crippen LogP contribution >= 0.6 is 0 Å². The van der Waals surface area contributed by atoms with E-state index < -0.39 is 11.2 Å². The van der Waals surface area contributed by atoms with Crippen LogP contribution in [-0.4, -0.2) is 23.7 Å². The molecule has 0 fully saturated rings. The summed E-state index contributed by atoms with van der Waals surface area (Å²) in [6.45, 7) is 0.288. The molecular weight excluding hydrogens is 288 g/mol. The largest absolute Gasteiger partial charge is 0.493 e. The number of hydrogen-bond donors (Lipinski definition) is 2. The second-order valence-corrected chi connectivity index (χ2v) is 5.06. The lowest BCUT2D eigenvalue weighted by molar-refractivity contribution is 0.285. The summed E-state index contributed by atoms with van der Waals surface area (Å²) < 4.78 is 16.4. The first-order chi connectivity index (χ1) is 10.7. The number of ether oxygens (including phenoxy) is 3. The van der Waals surface area contributed by atoms with Crippen LogP contribution in [0.5, 0.6) is 17.4 Å². The van der Waals surface area contributed by atoms with Gasteiger partial charge in [-0.3, -0.25) is 14.8 Å². The molecule has 2 aromatic rings. The van der Waals surface area contributed by atoms with Gasteiger partial charge in [0.1, 0.15) is 6.61 Å². The molecule has 2 aliphatic heterocycles. The zero-order valence-electron chi connectivity index (χ0n) is 11.6. The van der Waals surface area contributed by atoms with E-state index in [1.807, 2.05) is 12.1 Å². The van der Waals surface area contributed by atoms with Crippen LogP contribution in [0.2, 0.25) is 0 Å². The molecule has 1 aromatic carbocycles. The molecule has 1 atom stereocenters. The Labute approximate surface area is 124 Å². The number of rotatable bonds is 1. The third-order valence-corrected chi connectivity index (χ3v) is 3.85. The van der Waals surface area contributed by atoms with Crippen molar-refractivity contribution in [2.75, 3.05) is 13.7 Å². The maximum atomic E-state index is 12.2. The van der Waals surface area contributed by atoms with E-state index in [0.717, 1.165) is 11.1 Å². The van der Waals surface area contributed by atoms with Gasteiger partial charge in [-0.1, -0.05) is 12.1 Å². The Hall–Kier alpha value is -2.96. The Morgan fingerprint density at radius 2 is 2.14 bits per heavy atom. The molecular formula is C15H12N2O5. The first-order valence-corrected chi connectivity index (χ1v) is 6.71. The van der Waals surface area contributed by atoms with Crippen molar-refractivity contribution >= 4 is 0 Å². The van der Waals surface area contributed by atoms with Gasteiger partial charge in [-0.25, -0.2) is 4.79 Å². The average molecular weight is 300 g/mol. The highest BCUT2D eigenvalue weighted by Crippen LogP contribution is 2.47. The third-order valence-electron chi connectivity index (χ3n) is 3.85. The van der Waals surface area contributed by atoms with Crippen molar-refractivity contribution in [1.29, 1.82) is 0 Å². The van der Waals surface area contributed by atoms with Crippen molar-refractivity contribution in [2.45, 2.75) is 5.92 Å². The highest BCUT2D eigenvalue weighted by molar-refractivity contribution is 5.58. The number of aromatic nitrogens is 2. The summed E-state index contributed by atoms with van der Waals surface area (Å²) in [4.78, 5) is 28.4. The predicted octanol–water partition coefficient (Wildman–Crippen LogP) is 0.872. The van der Waals surface area contributed by atoms with Crippen LogP contribution in [0.1, 0.15) is 17.0 Å². The van der Waals surface area contributed by atoms with Gasteiger partial charge in [0.25, 0.3) is 5.56 Å². The minimum atomic E-state index is -0.599. The Kier molecular flexibility index (Phi) is 2.62. The molecule has 3 heterocycles. The minimum Gasteiger partial charge on any atom is -0.493 e. The number of methoxy groups -OCH3 is 1. The van der Waals surface area contributed by atoms with Crippen LogP contribution in [-0.2, 0) is 0 Å². The standard InChI is InChI=1S/C15H12N2O5/c1-20-9-4-2-3-8-10-7(5-21-12(8)9)6-22-14-11(10)13(18)16-15(19)17-14/h2-4,6,10H,5H2,1H3,(H2,16,17,18,19). The summed E-state index contributed by atoms with van der Waals surface area (Å²) in [5, 5.41) is 0. The molecule has 1 aromatic heterocycles. The molecule has 22 heavy (non-hydrogen) atoms. The number of nitrogens with one attached hydrogen (secondary N) is 2. The molecule has 7 heteroatoms. The number of hydrogen-bond acceptors (Lipinski definition) is 5. The lowest BCUT2D eigenvalue weighted by Crippen LogP contribution is -2.33. The Morgan fingerprint density at radius 3 is 2.95 bits per heavy atom. The maximum absolute atomic E-state index is 12.2. The highest BCUT2D eigenvalue weighted by Gasteiger charge is 2.36. The second-order valence-electron chi connectivity index (χ2n) is 5.06. The molecule has 4 rings (SSSR count). The van der Waals surface area contributed by atoms with E-state index in [1.54, 1.807) is 13.2 Å². The quantitative estimate of drug-likeness (QED) is 0.815. The van der Waals surface area contributed by atoms with Gasteiger partial charge < -0.3 is 14.2 Å². The fraction of sp³-hybridized carbons (Fsp3) is 0.200. The number of fused-ring (bicyclic) bond motifs is 5. The zero-order valence-corrected chi connectivity index (χ0v) is 11.6. The van der Waals surface area contributed by atoms with Gasteiger partial charge in [0.2, 0.25) is 5.88 Å². The first-order valence-electron chi connectivity index (χ1n) is 6.71. The lowest BCUT2D eigenvalue weighted by atomic mass is 9.83. The molecule has 2 aliphatic rings. The highest BCUT2D eigenvalue weighted by atomic mass is 16.5. The molecule has 0 saturated heterocycles. The van der Waals surface area contributed by atoms with Crippen LogP contribution < -0.4 is 25.5 Å². The summed E-state index contributed by atoms with van der Waals surface area (Å²) in [5.74, 6) is 1.04. The van der Waals surface area contributed by atoms with E-state index in [1.165, 1.54) is 6.26 Å². The third kappa shape index (κ3) is 1.68. The molecule has 2 N–H and O–H groups in total. The number of aromatic amines is 2. The number of para-hydroxylation sites is 1. The van der Waals surface area contributed by atoms with Gasteiger partial charge in [-0.15, -0.1) is 0 Å². The summed E-state index contributed by atoms with van der Waals surface area (Å²) in [5.41, 5.74) is 0.920. The van der Waals surface area contributed by atoms with Gasteiger partial charge in [0.05, 0.1) is 24.9 Å². The predicted molar refractivity (Wildman–Crippen MR) is 76.7 cm³/mol. The van der Waals surface area contributed by atoms with E-state index in [2.05, 4.69) is 9.97 Å². The fourth-order valence-electron chi connectivity index (χ4n) is 2.92. The van der Waals surface area contributed by atoms with Crippen LogP contribution in [0.15, 0.2) is 39.6 Å². The van der Waals surface area contributed by atoms with Crippen LogP contribution in [0.25, 0.3) is 0 Å². The van der Waals surface area contributed by atoms with E-state index in [-0.39, 0.29) is 18.4 Å². The van der Waals surface area contributed by atoms with Gasteiger partial charge in [0, 0.05) is 11.1 Å². The molecule has 0 saturated carbocycles. The smallest absolute Gasteiger partial charge is 0.328 e. The van der Waals surface area contributed by atoms with Crippen LogP contribution in [0.3, 0.4) is 0 Å². The zero-order chi connectivity index (χ0) is 15.3. The van der Waals surface area contributed by atoms with Crippen molar-refractivity contribution < 1.29 is 14.2 Å². The summed E-state index contributed by atoms with van der Waals surface area (Å²) in [6, 6.07) is 5.50. The van der Waals surface area contributed by atoms with Gasteiger partial charge in [-0.05, 0) is 6.07 Å². The summed E-state index contributed by atoms with van der Waals surface area (Å²) in [6.07, 6.45) is 1.52. The van der Waals surface area contributed by atoms with E-state index >= 15 is 0 Å². The molecule has 7 nitrogen and oxygen atoms in total. The minimum absolute atomic E-state index is 0.165. The van der Waals surface area contributed by atoms with Crippen LogP contribution in [0, 0.1) is 0 Å². The fourth-order valence-corrected chi connectivity index (χ4v) is 2.92. The SMILES string of the molecule is COc1cccc2c1OCC1=COc3[nH]c(=O)[nH]c(=O)c3C12. The molecule has 0 spiro atoms. The average Bonchev–Trinajstić information content (AvgIpc) is 2.53. The number of H-pyrrole nitrogens is 2. The van der Waals surface area contributed by atoms with E-state index in [0.29, 0.717) is 17.1 Å². The van der Waals surface area contributed by atoms with E-state index in [4.69, 9.17) is 14.2 Å². The van der Waals surface area contributed by atoms with Crippen molar-refractivity contribution in [1.82, 2.24) is 9.97 Å². The van der Waals surface area contributed by atoms with Gasteiger partial charge in [0.15, 0.2) is 11.5 Å². The molecule has 112 valence electrons. The molecule has 0 bridgehead atoms. The first kappa shape index (κ1) is 12.8. The number of benzene rings is 1. The maximum Gasteiger partial charge on any atom is 0.328 e. The molecule has 0 amide bonds. The van der Waals surface area contributed by atoms with Crippen molar-refractivity contribution in [3.63, 3.8) is 0 Å². The Balaban J connectivity index is 2.00.